The molecule has 0 aromatic rings. The van der Waals surface area contributed by atoms with Crippen molar-refractivity contribution in [2.24, 2.45) is 0 Å². The minimum absolute atomic E-state index is 0.00479. The molecule has 0 saturated carbocycles. The van der Waals surface area contributed by atoms with Gasteiger partial charge in [0.25, 0.3) is 0 Å². The van der Waals surface area contributed by atoms with Gasteiger partial charge in [-0.3, -0.25) is 0 Å². The van der Waals surface area contributed by atoms with Crippen LogP contribution in [-0.4, -0.2) is 70.2 Å². The largest absolute Gasteiger partial charge is 0.430 e. The minimum atomic E-state index is -0.743. The zero-order valence-electron chi connectivity index (χ0n) is 12.8. The van der Waals surface area contributed by atoms with Gasteiger partial charge in [0.05, 0.1) is 39.6 Å². The summed E-state index contributed by atoms with van der Waals surface area (Å²) in [5.74, 6) is -0.505. The van der Waals surface area contributed by atoms with Gasteiger partial charge in [0.1, 0.15) is 6.61 Å². The minimum Gasteiger partial charge on any atom is -0.430 e. The molecule has 1 unspecified atom stereocenters. The fourth-order valence-corrected chi connectivity index (χ4v) is 1.21. The molecule has 0 aliphatic rings. The topological polar surface area (TPSA) is 83.5 Å². The van der Waals surface area contributed by atoms with E-state index >= 15 is 0 Å². The van der Waals surface area contributed by atoms with E-state index < -0.39 is 12.3 Å². The summed E-state index contributed by atoms with van der Waals surface area (Å²) in [7, 11) is 0. The van der Waals surface area contributed by atoms with E-state index in [1.54, 1.807) is 13.8 Å². The van der Waals surface area contributed by atoms with Crippen molar-refractivity contribution in [3.05, 3.63) is 12.2 Å². The second-order valence-corrected chi connectivity index (χ2v) is 4.09. The van der Waals surface area contributed by atoms with E-state index in [0.29, 0.717) is 45.2 Å². The van der Waals surface area contributed by atoms with Gasteiger partial charge >= 0.3 is 5.97 Å². The Morgan fingerprint density at radius 1 is 1.10 bits per heavy atom. The van der Waals surface area contributed by atoms with Crippen LogP contribution in [-0.2, 0) is 28.5 Å². The molecule has 1 N–H and O–H groups in total. The van der Waals surface area contributed by atoms with Crippen molar-refractivity contribution in [1.29, 1.82) is 0 Å². The summed E-state index contributed by atoms with van der Waals surface area (Å²) < 4.78 is 25.9. The normalized spacial score (nSPS) is 12.1. The molecule has 0 amide bonds. The number of hydrogen-bond donors (Lipinski definition) is 1. The average molecular weight is 306 g/mol. The first-order valence-corrected chi connectivity index (χ1v) is 6.94. The molecule has 0 aliphatic heterocycles. The summed E-state index contributed by atoms with van der Waals surface area (Å²) in [5, 5.41) is 8.49. The van der Waals surface area contributed by atoms with Gasteiger partial charge in [0.15, 0.2) is 0 Å². The Bertz CT molecular complexity index is 280. The van der Waals surface area contributed by atoms with Gasteiger partial charge in [-0.15, -0.1) is 0 Å². The van der Waals surface area contributed by atoms with Crippen molar-refractivity contribution >= 4 is 5.97 Å². The van der Waals surface area contributed by atoms with Gasteiger partial charge in [-0.2, -0.15) is 0 Å². The molecule has 0 aromatic heterocycles. The second kappa shape index (κ2) is 14.0. The third kappa shape index (κ3) is 12.5. The third-order valence-electron chi connectivity index (χ3n) is 2.17. The van der Waals surface area contributed by atoms with Crippen LogP contribution in [0.4, 0.5) is 0 Å². The monoisotopic (exact) mass is 306 g/mol. The van der Waals surface area contributed by atoms with Gasteiger partial charge < -0.3 is 28.8 Å². The first-order chi connectivity index (χ1) is 10.1. The Morgan fingerprint density at radius 3 is 2.19 bits per heavy atom. The number of carbonyl (C=O) groups is 1. The number of aliphatic hydroxyl groups is 1. The SMILES string of the molecule is C=C(C)C(=O)OC(COCCOCCOCCO)OCC. The summed E-state index contributed by atoms with van der Waals surface area (Å²) in [5.41, 5.74) is 0.311. The van der Waals surface area contributed by atoms with Crippen LogP contribution in [0.1, 0.15) is 13.8 Å². The van der Waals surface area contributed by atoms with E-state index in [4.69, 9.17) is 28.8 Å². The number of aliphatic hydroxyl groups excluding tert-OH is 1. The highest BCUT2D eigenvalue weighted by molar-refractivity contribution is 5.87. The molecule has 0 aromatic carbocycles. The molecular formula is C14H26O7. The first kappa shape index (κ1) is 20.0. The molecule has 0 saturated heterocycles. The van der Waals surface area contributed by atoms with Crippen molar-refractivity contribution in [2.45, 2.75) is 20.1 Å². The zero-order valence-corrected chi connectivity index (χ0v) is 12.8. The Morgan fingerprint density at radius 2 is 1.67 bits per heavy atom. The molecule has 7 heteroatoms. The number of hydrogen-bond acceptors (Lipinski definition) is 7. The maximum Gasteiger partial charge on any atom is 0.335 e. The summed E-state index contributed by atoms with van der Waals surface area (Å²) in [6.07, 6.45) is -0.743. The average Bonchev–Trinajstić information content (AvgIpc) is 2.45. The molecule has 21 heavy (non-hydrogen) atoms. The fraction of sp³-hybridized carbons (Fsp3) is 0.786. The molecule has 1 atom stereocenters. The lowest BCUT2D eigenvalue weighted by Crippen LogP contribution is -2.27. The van der Waals surface area contributed by atoms with Gasteiger partial charge in [-0.05, 0) is 13.8 Å². The third-order valence-corrected chi connectivity index (χ3v) is 2.17. The van der Waals surface area contributed by atoms with E-state index in [-0.39, 0.29) is 13.2 Å². The van der Waals surface area contributed by atoms with Crippen LogP contribution < -0.4 is 0 Å². The highest BCUT2D eigenvalue weighted by Gasteiger charge is 2.14. The van der Waals surface area contributed by atoms with Gasteiger partial charge in [-0.25, -0.2) is 4.79 Å². The molecule has 0 radical (unpaired) electrons. The zero-order chi connectivity index (χ0) is 15.9. The summed E-state index contributed by atoms with van der Waals surface area (Å²) >= 11 is 0. The molecule has 0 rings (SSSR count). The smallest absolute Gasteiger partial charge is 0.335 e. The summed E-state index contributed by atoms with van der Waals surface area (Å²) in [4.78, 5) is 11.4. The Balaban J connectivity index is 3.60. The van der Waals surface area contributed by atoms with E-state index in [0.717, 1.165) is 0 Å². The van der Waals surface area contributed by atoms with Crippen LogP contribution in [0.2, 0.25) is 0 Å². The fourth-order valence-electron chi connectivity index (χ4n) is 1.21. The molecule has 7 nitrogen and oxygen atoms in total. The lowest BCUT2D eigenvalue weighted by molar-refractivity contribution is -0.186. The van der Waals surface area contributed by atoms with Crippen molar-refractivity contribution < 1.29 is 33.6 Å². The quantitative estimate of drug-likeness (QED) is 0.217. The molecule has 0 aliphatic carbocycles. The van der Waals surface area contributed by atoms with Crippen molar-refractivity contribution in [3.8, 4) is 0 Å². The summed E-state index contributed by atoms with van der Waals surface area (Å²) in [6, 6.07) is 0. The predicted octanol–water partition coefficient (Wildman–Crippen LogP) is 0.510. The molecule has 124 valence electrons. The lowest BCUT2D eigenvalue weighted by Gasteiger charge is -2.17. The van der Waals surface area contributed by atoms with Crippen molar-refractivity contribution in [1.82, 2.24) is 0 Å². The van der Waals surface area contributed by atoms with Crippen LogP contribution in [0.5, 0.6) is 0 Å². The number of ether oxygens (including phenoxy) is 5. The number of carbonyl (C=O) groups excluding carboxylic acids is 1. The molecule has 0 spiro atoms. The van der Waals surface area contributed by atoms with Crippen molar-refractivity contribution in [2.75, 3.05) is 52.9 Å². The van der Waals surface area contributed by atoms with Crippen LogP contribution in [0.25, 0.3) is 0 Å². The van der Waals surface area contributed by atoms with E-state index in [1.165, 1.54) is 0 Å². The molecule has 0 heterocycles. The Hall–Kier alpha value is -0.990. The Kier molecular flexibility index (Phi) is 13.3. The lowest BCUT2D eigenvalue weighted by atomic mass is 10.4. The highest BCUT2D eigenvalue weighted by Crippen LogP contribution is 2.01. The van der Waals surface area contributed by atoms with Crippen molar-refractivity contribution in [3.63, 3.8) is 0 Å². The molecule has 0 bridgehead atoms. The second-order valence-electron chi connectivity index (χ2n) is 4.09. The standard InChI is InChI=1S/C14H26O7/c1-4-20-13(21-14(16)12(2)3)11-19-10-9-18-8-7-17-6-5-15/h13,15H,2,4-11H2,1,3H3. The summed E-state index contributed by atoms with van der Waals surface area (Å²) in [6.45, 7) is 9.35. The Labute approximate surface area is 125 Å². The molecular weight excluding hydrogens is 280 g/mol. The number of rotatable bonds is 14. The van der Waals surface area contributed by atoms with E-state index in [2.05, 4.69) is 6.58 Å². The number of esters is 1. The van der Waals surface area contributed by atoms with Crippen LogP contribution in [0, 0.1) is 0 Å². The van der Waals surface area contributed by atoms with E-state index in [9.17, 15) is 4.79 Å². The van der Waals surface area contributed by atoms with Crippen LogP contribution in [0.15, 0.2) is 12.2 Å². The highest BCUT2D eigenvalue weighted by atomic mass is 16.7. The van der Waals surface area contributed by atoms with Gasteiger partial charge in [0.2, 0.25) is 6.29 Å². The van der Waals surface area contributed by atoms with Gasteiger partial charge in [-0.1, -0.05) is 6.58 Å². The van der Waals surface area contributed by atoms with Crippen LogP contribution >= 0.6 is 0 Å². The maximum atomic E-state index is 11.4. The van der Waals surface area contributed by atoms with E-state index in [1.807, 2.05) is 0 Å². The van der Waals surface area contributed by atoms with Crippen LogP contribution in [0.3, 0.4) is 0 Å². The maximum absolute atomic E-state index is 11.4. The molecule has 0 fully saturated rings. The first-order valence-electron chi connectivity index (χ1n) is 6.94. The van der Waals surface area contributed by atoms with Gasteiger partial charge in [0, 0.05) is 12.2 Å². The predicted molar refractivity (Wildman–Crippen MR) is 75.9 cm³/mol.